The summed E-state index contributed by atoms with van der Waals surface area (Å²) in [6.45, 7) is 0.0449. The van der Waals surface area contributed by atoms with Gasteiger partial charge in [0, 0.05) is 32.7 Å². The van der Waals surface area contributed by atoms with Crippen molar-refractivity contribution in [1.82, 2.24) is 4.31 Å². The summed E-state index contributed by atoms with van der Waals surface area (Å²) in [6.07, 6.45) is 0.154. The van der Waals surface area contributed by atoms with Crippen molar-refractivity contribution in [2.24, 2.45) is 0 Å². The van der Waals surface area contributed by atoms with Crippen LogP contribution in [0.2, 0.25) is 0 Å². The maximum absolute atomic E-state index is 13.3. The zero-order valence-corrected chi connectivity index (χ0v) is 18.2. The molecule has 3 aromatic rings. The molecule has 0 saturated carbocycles. The van der Waals surface area contributed by atoms with Gasteiger partial charge >= 0.3 is 5.97 Å². The number of carbonyl (C=O) groups is 1. The Labute approximate surface area is 182 Å². The number of anilines is 1. The van der Waals surface area contributed by atoms with E-state index in [0.29, 0.717) is 0 Å². The Morgan fingerprint density at radius 1 is 0.903 bits per heavy atom. The fraction of sp³-hybridized carbons (Fsp3) is 0.208. The second kappa shape index (κ2) is 8.17. The molecule has 0 amide bonds. The minimum Gasteiger partial charge on any atom is -0.480 e. The van der Waals surface area contributed by atoms with Gasteiger partial charge in [-0.05, 0) is 46.5 Å². The predicted octanol–water partition coefficient (Wildman–Crippen LogP) is 3.62. The molecule has 6 nitrogen and oxygen atoms in total. The van der Waals surface area contributed by atoms with E-state index in [4.69, 9.17) is 0 Å². The first-order valence-electron chi connectivity index (χ1n) is 9.96. The minimum atomic E-state index is -3.97. The highest BCUT2D eigenvalue weighted by molar-refractivity contribution is 7.89. The second-order valence-corrected chi connectivity index (χ2v) is 9.73. The topological polar surface area (TPSA) is 77.9 Å². The first-order valence-corrected chi connectivity index (χ1v) is 11.4. The summed E-state index contributed by atoms with van der Waals surface area (Å²) in [5, 5.41) is 9.69. The number of aliphatic carboxylic acids is 1. The van der Waals surface area contributed by atoms with Crippen LogP contribution in [-0.2, 0) is 27.8 Å². The molecule has 1 aliphatic heterocycles. The molecule has 0 unspecified atom stereocenters. The molecule has 0 radical (unpaired) electrons. The van der Waals surface area contributed by atoms with E-state index in [9.17, 15) is 18.3 Å². The number of benzene rings is 3. The number of carboxylic acid groups (broad SMARTS) is 1. The third kappa shape index (κ3) is 4.06. The molecule has 3 aromatic carbocycles. The lowest BCUT2D eigenvalue weighted by Gasteiger charge is -2.33. The van der Waals surface area contributed by atoms with E-state index < -0.39 is 22.0 Å². The van der Waals surface area contributed by atoms with Gasteiger partial charge < -0.3 is 10.0 Å². The standard InChI is InChI=1S/C24H24N2O4S/c1-25(2)21-11-7-17(8-12-21)18-9-13-22(14-10-18)31(29,30)26-16-20-6-4-3-5-19(20)15-23(26)24(27)28/h3-14,23H,15-16H2,1-2H3,(H,27,28)/t23-/m1/s1. The largest absolute Gasteiger partial charge is 0.480 e. The molecule has 31 heavy (non-hydrogen) atoms. The molecule has 0 aliphatic carbocycles. The number of carboxylic acids is 1. The van der Waals surface area contributed by atoms with E-state index in [1.54, 1.807) is 24.3 Å². The summed E-state index contributed by atoms with van der Waals surface area (Å²) in [5.74, 6) is -1.14. The van der Waals surface area contributed by atoms with Crippen LogP contribution >= 0.6 is 0 Å². The highest BCUT2D eigenvalue weighted by atomic mass is 32.2. The Morgan fingerprint density at radius 3 is 2.00 bits per heavy atom. The first-order chi connectivity index (χ1) is 14.8. The van der Waals surface area contributed by atoms with Crippen LogP contribution in [0.3, 0.4) is 0 Å². The number of hydrogen-bond donors (Lipinski definition) is 1. The van der Waals surface area contributed by atoms with Crippen LogP contribution in [0.15, 0.2) is 77.7 Å². The van der Waals surface area contributed by atoms with Gasteiger partial charge in [0.05, 0.1) is 4.90 Å². The first kappa shape index (κ1) is 21.1. The molecular formula is C24H24N2O4S. The molecule has 0 aromatic heterocycles. The second-order valence-electron chi connectivity index (χ2n) is 7.84. The summed E-state index contributed by atoms with van der Waals surface area (Å²) >= 11 is 0. The Bertz CT molecular complexity index is 1200. The van der Waals surface area contributed by atoms with E-state index >= 15 is 0 Å². The van der Waals surface area contributed by atoms with Gasteiger partial charge in [0.25, 0.3) is 0 Å². The van der Waals surface area contributed by atoms with Crippen molar-refractivity contribution in [2.75, 3.05) is 19.0 Å². The monoisotopic (exact) mass is 436 g/mol. The fourth-order valence-electron chi connectivity index (χ4n) is 3.87. The Kier molecular flexibility index (Phi) is 5.56. The lowest BCUT2D eigenvalue weighted by molar-refractivity contribution is -0.141. The van der Waals surface area contributed by atoms with Crippen LogP contribution in [0.5, 0.6) is 0 Å². The van der Waals surface area contributed by atoms with Crippen LogP contribution < -0.4 is 4.90 Å². The fourth-order valence-corrected chi connectivity index (χ4v) is 5.43. The molecular weight excluding hydrogens is 412 g/mol. The normalized spacial score (nSPS) is 16.5. The summed E-state index contributed by atoms with van der Waals surface area (Å²) in [4.78, 5) is 14.0. The summed E-state index contributed by atoms with van der Waals surface area (Å²) in [5.41, 5.74) is 4.65. The number of sulfonamides is 1. The van der Waals surface area contributed by atoms with Crippen molar-refractivity contribution >= 4 is 21.7 Å². The van der Waals surface area contributed by atoms with Gasteiger partial charge in [0.2, 0.25) is 10.0 Å². The number of fused-ring (bicyclic) bond motifs is 1. The summed E-state index contributed by atoms with van der Waals surface area (Å²) in [7, 11) is -0.0295. The smallest absolute Gasteiger partial charge is 0.322 e. The summed E-state index contributed by atoms with van der Waals surface area (Å²) in [6, 6.07) is 20.8. The number of hydrogen-bond acceptors (Lipinski definition) is 4. The molecule has 160 valence electrons. The van der Waals surface area contributed by atoms with Crippen molar-refractivity contribution in [3.8, 4) is 11.1 Å². The van der Waals surface area contributed by atoms with Crippen LogP contribution in [0.4, 0.5) is 5.69 Å². The van der Waals surface area contributed by atoms with Gasteiger partial charge in [-0.3, -0.25) is 4.79 Å². The van der Waals surface area contributed by atoms with Crippen LogP contribution in [-0.4, -0.2) is 43.9 Å². The zero-order valence-electron chi connectivity index (χ0n) is 17.4. The molecule has 1 aliphatic rings. The molecule has 0 fully saturated rings. The van der Waals surface area contributed by atoms with Crippen molar-refractivity contribution in [3.05, 3.63) is 83.9 Å². The quantitative estimate of drug-likeness (QED) is 0.661. The molecule has 7 heteroatoms. The third-order valence-corrected chi connectivity index (χ3v) is 7.54. The van der Waals surface area contributed by atoms with E-state index in [1.165, 1.54) is 0 Å². The predicted molar refractivity (Wildman–Crippen MR) is 121 cm³/mol. The average Bonchev–Trinajstić information content (AvgIpc) is 2.78. The van der Waals surface area contributed by atoms with Crippen molar-refractivity contribution in [2.45, 2.75) is 23.9 Å². The lowest BCUT2D eigenvalue weighted by atomic mass is 9.96. The molecule has 0 spiro atoms. The molecule has 1 heterocycles. The van der Waals surface area contributed by atoms with E-state index in [-0.39, 0.29) is 17.9 Å². The number of rotatable bonds is 5. The van der Waals surface area contributed by atoms with Gasteiger partial charge in [-0.25, -0.2) is 8.42 Å². The minimum absolute atomic E-state index is 0.0449. The number of nitrogens with zero attached hydrogens (tertiary/aromatic N) is 2. The van der Waals surface area contributed by atoms with Crippen LogP contribution in [0, 0.1) is 0 Å². The van der Waals surface area contributed by atoms with E-state index in [2.05, 4.69) is 0 Å². The van der Waals surface area contributed by atoms with Gasteiger partial charge in [0.1, 0.15) is 6.04 Å². The van der Waals surface area contributed by atoms with Gasteiger partial charge in [-0.1, -0.05) is 48.5 Å². The zero-order chi connectivity index (χ0) is 22.2. The van der Waals surface area contributed by atoms with Gasteiger partial charge in [0.15, 0.2) is 0 Å². The molecule has 1 N–H and O–H groups in total. The lowest BCUT2D eigenvalue weighted by Crippen LogP contribution is -2.48. The highest BCUT2D eigenvalue weighted by Gasteiger charge is 2.39. The molecule has 0 saturated heterocycles. The van der Waals surface area contributed by atoms with Crippen molar-refractivity contribution < 1.29 is 18.3 Å². The van der Waals surface area contributed by atoms with Gasteiger partial charge in [-0.2, -0.15) is 4.31 Å². The SMILES string of the molecule is CN(C)c1ccc(-c2ccc(S(=O)(=O)N3Cc4ccccc4C[C@@H]3C(=O)O)cc2)cc1. The maximum atomic E-state index is 13.3. The molecule has 1 atom stereocenters. The van der Waals surface area contributed by atoms with E-state index in [1.807, 2.05) is 67.5 Å². The van der Waals surface area contributed by atoms with Gasteiger partial charge in [-0.15, -0.1) is 0 Å². The summed E-state index contributed by atoms with van der Waals surface area (Å²) < 4.78 is 27.8. The molecule has 0 bridgehead atoms. The van der Waals surface area contributed by atoms with Crippen LogP contribution in [0.25, 0.3) is 11.1 Å². The van der Waals surface area contributed by atoms with Crippen LogP contribution in [0.1, 0.15) is 11.1 Å². The van der Waals surface area contributed by atoms with Crippen molar-refractivity contribution in [1.29, 1.82) is 0 Å². The highest BCUT2D eigenvalue weighted by Crippen LogP contribution is 2.30. The molecule has 4 rings (SSSR count). The Morgan fingerprint density at radius 2 is 1.45 bits per heavy atom. The maximum Gasteiger partial charge on any atom is 0.322 e. The Balaban J connectivity index is 1.64. The average molecular weight is 437 g/mol. The van der Waals surface area contributed by atoms with Crippen molar-refractivity contribution in [3.63, 3.8) is 0 Å². The Hall–Kier alpha value is -3.16. The van der Waals surface area contributed by atoms with E-state index in [0.717, 1.165) is 32.2 Å². The third-order valence-electron chi connectivity index (χ3n) is 5.67.